The summed E-state index contributed by atoms with van der Waals surface area (Å²) in [6.07, 6.45) is 3.65. The van der Waals surface area contributed by atoms with Crippen LogP contribution in [0.25, 0.3) is 11.1 Å². The van der Waals surface area contributed by atoms with Crippen molar-refractivity contribution < 1.29 is 8.42 Å². The lowest BCUT2D eigenvalue weighted by atomic mass is 10.0. The Labute approximate surface area is 206 Å². The van der Waals surface area contributed by atoms with Gasteiger partial charge < -0.3 is 4.90 Å². The summed E-state index contributed by atoms with van der Waals surface area (Å²) in [5.74, 6) is 0. The number of benzene rings is 3. The zero-order chi connectivity index (χ0) is 23.4. The molecule has 0 amide bonds. The average molecular weight is 503 g/mol. The van der Waals surface area contributed by atoms with Crippen LogP contribution in [-0.2, 0) is 23.0 Å². The number of hydrogen-bond acceptors (Lipinski definition) is 3. The molecular weight excluding hydrogens is 475 g/mol. The Morgan fingerprint density at radius 3 is 2.15 bits per heavy atom. The number of likely N-dealkylation sites (tertiary alicyclic amines) is 1. The van der Waals surface area contributed by atoms with Crippen molar-refractivity contribution in [2.24, 2.45) is 0 Å². The van der Waals surface area contributed by atoms with Gasteiger partial charge in [0.25, 0.3) is 0 Å². The van der Waals surface area contributed by atoms with Crippen LogP contribution in [0, 0.1) is 0 Å². The first-order chi connectivity index (χ1) is 15.8. The van der Waals surface area contributed by atoms with Crippen LogP contribution < -0.4 is 4.72 Å². The van der Waals surface area contributed by atoms with Crippen LogP contribution in [0.4, 0.5) is 0 Å². The lowest BCUT2D eigenvalue weighted by molar-refractivity contribution is 0.272. The van der Waals surface area contributed by atoms with Gasteiger partial charge in [-0.25, -0.2) is 13.1 Å². The van der Waals surface area contributed by atoms with Gasteiger partial charge in [-0.3, -0.25) is 0 Å². The molecular formula is C26H28Cl2N2O2S. The molecule has 3 aromatic carbocycles. The van der Waals surface area contributed by atoms with Crippen LogP contribution in [-0.4, -0.2) is 32.4 Å². The number of rotatable bonds is 8. The van der Waals surface area contributed by atoms with Gasteiger partial charge in [0, 0.05) is 19.1 Å². The number of halogens is 2. The molecule has 1 saturated heterocycles. The number of nitrogens with zero attached hydrogens (tertiary/aromatic N) is 1. The molecule has 1 atom stereocenters. The molecule has 0 spiro atoms. The van der Waals surface area contributed by atoms with Gasteiger partial charge in [-0.05, 0) is 79.3 Å². The predicted molar refractivity (Wildman–Crippen MR) is 136 cm³/mol. The van der Waals surface area contributed by atoms with Gasteiger partial charge in [0.15, 0.2) is 0 Å². The van der Waals surface area contributed by atoms with Gasteiger partial charge in [0.2, 0.25) is 10.0 Å². The van der Waals surface area contributed by atoms with Gasteiger partial charge >= 0.3 is 0 Å². The van der Waals surface area contributed by atoms with Gasteiger partial charge in [0.1, 0.15) is 0 Å². The minimum Gasteiger partial charge on any atom is -0.300 e. The highest BCUT2D eigenvalue weighted by Gasteiger charge is 2.19. The second kappa shape index (κ2) is 10.6. The van der Waals surface area contributed by atoms with Crippen molar-refractivity contribution in [2.75, 3.05) is 13.1 Å². The monoisotopic (exact) mass is 502 g/mol. The highest BCUT2D eigenvalue weighted by atomic mass is 35.5. The summed E-state index contributed by atoms with van der Waals surface area (Å²) in [5, 5.41) is 0.836. The van der Waals surface area contributed by atoms with Crippen molar-refractivity contribution in [2.45, 2.75) is 43.7 Å². The highest BCUT2D eigenvalue weighted by Crippen LogP contribution is 2.24. The zero-order valence-electron chi connectivity index (χ0n) is 18.6. The maximum atomic E-state index is 12.7. The molecule has 0 bridgehead atoms. The normalized spacial score (nSPS) is 16.9. The van der Waals surface area contributed by atoms with E-state index in [0.717, 1.165) is 29.7 Å². The fourth-order valence-electron chi connectivity index (χ4n) is 4.20. The molecule has 0 saturated carbocycles. The first-order valence-electron chi connectivity index (χ1n) is 11.2. The zero-order valence-corrected chi connectivity index (χ0v) is 20.9. The Morgan fingerprint density at radius 2 is 1.55 bits per heavy atom. The summed E-state index contributed by atoms with van der Waals surface area (Å²) < 4.78 is 28.0. The number of sulfonamides is 1. The number of hydrogen-bond donors (Lipinski definition) is 1. The summed E-state index contributed by atoms with van der Waals surface area (Å²) in [6.45, 7) is 4.75. The highest BCUT2D eigenvalue weighted by molar-refractivity contribution is 7.89. The lowest BCUT2D eigenvalue weighted by Crippen LogP contribution is -2.28. The Bertz CT molecular complexity index is 1200. The van der Waals surface area contributed by atoms with Gasteiger partial charge in [-0.15, -0.1) is 0 Å². The van der Waals surface area contributed by atoms with E-state index in [-0.39, 0.29) is 11.4 Å². The molecule has 0 aromatic heterocycles. The first kappa shape index (κ1) is 24.2. The molecule has 1 heterocycles. The molecule has 1 aliphatic heterocycles. The van der Waals surface area contributed by atoms with Crippen molar-refractivity contribution in [1.82, 2.24) is 9.62 Å². The van der Waals surface area contributed by atoms with Crippen molar-refractivity contribution in [3.05, 3.63) is 87.9 Å². The minimum absolute atomic E-state index is 0.138. The Balaban J connectivity index is 1.37. The van der Waals surface area contributed by atoms with Crippen LogP contribution in [0.1, 0.15) is 30.9 Å². The van der Waals surface area contributed by atoms with E-state index in [1.807, 2.05) is 12.1 Å². The first-order valence-corrected chi connectivity index (χ1v) is 13.4. The fourth-order valence-corrected chi connectivity index (χ4v) is 5.54. The molecule has 7 heteroatoms. The maximum absolute atomic E-state index is 12.7. The Kier molecular flexibility index (Phi) is 7.77. The van der Waals surface area contributed by atoms with E-state index in [9.17, 15) is 8.42 Å². The van der Waals surface area contributed by atoms with Crippen LogP contribution in [0.3, 0.4) is 0 Å². The van der Waals surface area contributed by atoms with Crippen molar-refractivity contribution in [3.63, 3.8) is 0 Å². The van der Waals surface area contributed by atoms with Crippen molar-refractivity contribution in [1.29, 1.82) is 0 Å². The molecule has 1 N–H and O–H groups in total. The molecule has 3 aromatic rings. The summed E-state index contributed by atoms with van der Waals surface area (Å²) in [4.78, 5) is 2.78. The summed E-state index contributed by atoms with van der Waals surface area (Å²) in [6, 6.07) is 21.2. The smallest absolute Gasteiger partial charge is 0.240 e. The van der Waals surface area contributed by atoms with E-state index in [4.69, 9.17) is 23.2 Å². The topological polar surface area (TPSA) is 49.4 Å². The third-order valence-electron chi connectivity index (χ3n) is 6.28. The van der Waals surface area contributed by atoms with E-state index in [2.05, 4.69) is 40.8 Å². The summed E-state index contributed by atoms with van der Waals surface area (Å²) in [5.41, 5.74) is 4.12. The predicted octanol–water partition coefficient (Wildman–Crippen LogP) is 6.17. The molecule has 0 radical (unpaired) electrons. The summed E-state index contributed by atoms with van der Waals surface area (Å²) in [7, 11) is -3.64. The Morgan fingerprint density at radius 1 is 0.909 bits per heavy atom. The SMILES string of the molecule is CC1CCCN1CCc1ccc(-c2ccc(S(=O)(=O)NCc3ccc(Cl)c(Cl)c3)cc2)cc1. The van der Waals surface area contributed by atoms with E-state index < -0.39 is 10.0 Å². The second-order valence-electron chi connectivity index (χ2n) is 8.57. The third-order valence-corrected chi connectivity index (χ3v) is 8.44. The van der Waals surface area contributed by atoms with E-state index >= 15 is 0 Å². The minimum atomic E-state index is -3.64. The molecule has 4 rings (SSSR count). The Hall–Kier alpha value is -1.89. The quantitative estimate of drug-likeness (QED) is 0.400. The average Bonchev–Trinajstić information content (AvgIpc) is 3.23. The van der Waals surface area contributed by atoms with Crippen LogP contribution in [0.15, 0.2) is 71.6 Å². The molecule has 4 nitrogen and oxygen atoms in total. The van der Waals surface area contributed by atoms with E-state index in [1.165, 1.54) is 24.9 Å². The molecule has 33 heavy (non-hydrogen) atoms. The lowest BCUT2D eigenvalue weighted by Gasteiger charge is -2.20. The molecule has 174 valence electrons. The molecule has 0 aliphatic carbocycles. The molecule has 1 unspecified atom stereocenters. The largest absolute Gasteiger partial charge is 0.300 e. The second-order valence-corrected chi connectivity index (χ2v) is 11.2. The fraction of sp³-hybridized carbons (Fsp3) is 0.308. The molecule has 1 fully saturated rings. The van der Waals surface area contributed by atoms with Crippen LogP contribution in [0.5, 0.6) is 0 Å². The standard InChI is InChI=1S/C26H28Cl2N2O2S/c1-19-3-2-15-30(19)16-14-20-4-7-22(8-5-20)23-9-11-24(12-10-23)33(31,32)29-18-21-6-13-25(27)26(28)17-21/h4-13,17,19,29H,2-3,14-16,18H2,1H3. The van der Waals surface area contributed by atoms with Gasteiger partial charge in [-0.2, -0.15) is 0 Å². The van der Waals surface area contributed by atoms with Crippen molar-refractivity contribution >= 4 is 33.2 Å². The summed E-state index contributed by atoms with van der Waals surface area (Å²) >= 11 is 11.9. The van der Waals surface area contributed by atoms with Gasteiger partial charge in [-0.1, -0.05) is 65.7 Å². The van der Waals surface area contributed by atoms with E-state index in [0.29, 0.717) is 16.1 Å². The number of nitrogens with one attached hydrogen (secondary N) is 1. The van der Waals surface area contributed by atoms with Gasteiger partial charge in [0.05, 0.1) is 14.9 Å². The third kappa shape index (κ3) is 6.17. The van der Waals surface area contributed by atoms with Crippen LogP contribution in [0.2, 0.25) is 10.0 Å². The molecule has 1 aliphatic rings. The van der Waals surface area contributed by atoms with Crippen molar-refractivity contribution in [3.8, 4) is 11.1 Å². The van der Waals surface area contributed by atoms with Crippen LogP contribution >= 0.6 is 23.2 Å². The van der Waals surface area contributed by atoms with E-state index in [1.54, 1.807) is 30.3 Å². The maximum Gasteiger partial charge on any atom is 0.240 e.